The van der Waals surface area contributed by atoms with E-state index in [2.05, 4.69) is 32.9 Å². The van der Waals surface area contributed by atoms with Crippen molar-refractivity contribution >= 4 is 11.6 Å². The lowest BCUT2D eigenvalue weighted by Crippen LogP contribution is -2.28. The Bertz CT molecular complexity index is 1150. The highest BCUT2D eigenvalue weighted by Crippen LogP contribution is 2.20. The van der Waals surface area contributed by atoms with Crippen LogP contribution in [0.4, 0.5) is 5.69 Å². The molecule has 31 heavy (non-hydrogen) atoms. The van der Waals surface area contributed by atoms with Gasteiger partial charge in [-0.1, -0.05) is 42.5 Å². The molecule has 158 valence electrons. The normalized spacial score (nSPS) is 12.0. The summed E-state index contributed by atoms with van der Waals surface area (Å²) in [7, 11) is 1.96. The largest absolute Gasteiger partial charge is 0.324 e. The van der Waals surface area contributed by atoms with Crippen molar-refractivity contribution < 1.29 is 4.79 Å². The van der Waals surface area contributed by atoms with E-state index < -0.39 is 6.04 Å². The minimum atomic E-state index is -0.544. The van der Waals surface area contributed by atoms with Crippen LogP contribution in [0.2, 0.25) is 0 Å². The van der Waals surface area contributed by atoms with Gasteiger partial charge in [0.25, 0.3) is 0 Å². The molecule has 4 rings (SSSR count). The van der Waals surface area contributed by atoms with Crippen LogP contribution in [0.15, 0.2) is 60.9 Å². The fraction of sp³-hybridized carbons (Fsp3) is 0.261. The summed E-state index contributed by atoms with van der Waals surface area (Å²) in [6.07, 6.45) is 2.77. The summed E-state index contributed by atoms with van der Waals surface area (Å²) in [5.41, 5.74) is 6.39. The Balaban J connectivity index is 1.47. The van der Waals surface area contributed by atoms with Crippen molar-refractivity contribution in [3.8, 4) is 0 Å². The number of aromatic nitrogens is 6. The van der Waals surface area contributed by atoms with E-state index in [0.29, 0.717) is 6.42 Å². The van der Waals surface area contributed by atoms with Gasteiger partial charge in [-0.2, -0.15) is 5.10 Å². The zero-order valence-corrected chi connectivity index (χ0v) is 17.9. The van der Waals surface area contributed by atoms with E-state index >= 15 is 0 Å². The third-order valence-electron chi connectivity index (χ3n) is 5.52. The summed E-state index contributed by atoms with van der Waals surface area (Å²) in [6, 6.07) is 17.2. The predicted octanol–water partition coefficient (Wildman–Crippen LogP) is 3.04. The van der Waals surface area contributed by atoms with Gasteiger partial charge in [-0.05, 0) is 47.5 Å². The lowest BCUT2D eigenvalue weighted by Gasteiger charge is -2.16. The number of nitrogens with one attached hydrogen (secondary N) is 1. The van der Waals surface area contributed by atoms with Crippen LogP contribution in [0, 0.1) is 13.8 Å². The number of benzene rings is 2. The monoisotopic (exact) mass is 415 g/mol. The highest BCUT2D eigenvalue weighted by molar-refractivity contribution is 5.93. The van der Waals surface area contributed by atoms with E-state index in [1.54, 1.807) is 0 Å². The molecule has 8 nitrogen and oxygen atoms in total. The Morgan fingerprint density at radius 2 is 1.77 bits per heavy atom. The van der Waals surface area contributed by atoms with E-state index in [-0.39, 0.29) is 5.91 Å². The van der Waals surface area contributed by atoms with E-state index in [1.807, 2.05) is 73.3 Å². The second kappa shape index (κ2) is 8.91. The Morgan fingerprint density at radius 1 is 1.03 bits per heavy atom. The van der Waals surface area contributed by atoms with Crippen LogP contribution in [0.3, 0.4) is 0 Å². The van der Waals surface area contributed by atoms with Crippen LogP contribution >= 0.6 is 0 Å². The lowest BCUT2D eigenvalue weighted by molar-refractivity contribution is -0.119. The van der Waals surface area contributed by atoms with Gasteiger partial charge in [0.05, 0.1) is 5.69 Å². The minimum absolute atomic E-state index is 0.164. The first-order valence-electron chi connectivity index (χ1n) is 10.2. The van der Waals surface area contributed by atoms with Gasteiger partial charge >= 0.3 is 0 Å². The first-order valence-corrected chi connectivity index (χ1v) is 10.2. The molecule has 0 fully saturated rings. The smallest absolute Gasteiger partial charge is 0.249 e. The highest BCUT2D eigenvalue weighted by atomic mass is 16.2. The van der Waals surface area contributed by atoms with E-state index in [4.69, 9.17) is 0 Å². The van der Waals surface area contributed by atoms with E-state index in [9.17, 15) is 4.79 Å². The van der Waals surface area contributed by atoms with Crippen molar-refractivity contribution in [3.63, 3.8) is 0 Å². The van der Waals surface area contributed by atoms with Gasteiger partial charge in [-0.3, -0.25) is 9.48 Å². The molecule has 0 radical (unpaired) electrons. The average Bonchev–Trinajstić information content (AvgIpc) is 3.38. The van der Waals surface area contributed by atoms with E-state index in [1.165, 1.54) is 27.8 Å². The Kier molecular flexibility index (Phi) is 5.88. The van der Waals surface area contributed by atoms with E-state index in [0.717, 1.165) is 23.4 Å². The molecular formula is C23H25N7O. The zero-order valence-electron chi connectivity index (χ0n) is 17.9. The molecule has 0 bridgehead atoms. The summed E-state index contributed by atoms with van der Waals surface area (Å²) < 4.78 is 3.40. The number of aryl methyl sites for hydroxylation is 2. The Morgan fingerprint density at radius 3 is 2.39 bits per heavy atom. The van der Waals surface area contributed by atoms with Crippen molar-refractivity contribution in [1.29, 1.82) is 0 Å². The molecule has 1 amide bonds. The number of amides is 1. The predicted molar refractivity (Wildman–Crippen MR) is 118 cm³/mol. The SMILES string of the molecule is Cc1nn(C)c(C)c1Cc1ccc(NC(=O)[C@@H](Cc2ccccc2)n2cnnn2)cc1. The molecular weight excluding hydrogens is 390 g/mol. The molecule has 4 aromatic rings. The summed E-state index contributed by atoms with van der Waals surface area (Å²) in [5, 5.41) is 18.8. The summed E-state index contributed by atoms with van der Waals surface area (Å²) in [5.74, 6) is -0.164. The molecule has 1 atom stereocenters. The molecule has 2 aromatic heterocycles. The second-order valence-corrected chi connectivity index (χ2v) is 7.63. The molecule has 0 unspecified atom stereocenters. The fourth-order valence-corrected chi connectivity index (χ4v) is 3.66. The molecule has 2 aromatic carbocycles. The quantitative estimate of drug-likeness (QED) is 0.501. The maximum atomic E-state index is 13.0. The first kappa shape index (κ1) is 20.5. The molecule has 0 saturated carbocycles. The van der Waals surface area contributed by atoms with Gasteiger partial charge in [0.15, 0.2) is 0 Å². The van der Waals surface area contributed by atoms with Crippen molar-refractivity contribution in [3.05, 3.63) is 89.0 Å². The van der Waals surface area contributed by atoms with Crippen molar-refractivity contribution in [2.75, 3.05) is 5.32 Å². The van der Waals surface area contributed by atoms with Gasteiger partial charge in [0.1, 0.15) is 12.4 Å². The number of nitrogens with zero attached hydrogens (tertiary/aromatic N) is 6. The maximum Gasteiger partial charge on any atom is 0.249 e. The topological polar surface area (TPSA) is 90.5 Å². The molecule has 8 heteroatoms. The molecule has 0 aliphatic heterocycles. The van der Waals surface area contributed by atoms with Crippen molar-refractivity contribution in [1.82, 2.24) is 30.0 Å². The number of hydrogen-bond donors (Lipinski definition) is 1. The van der Waals surface area contributed by atoms with Gasteiger partial charge in [0, 0.05) is 36.8 Å². The zero-order chi connectivity index (χ0) is 21.8. The highest BCUT2D eigenvalue weighted by Gasteiger charge is 2.22. The number of carbonyl (C=O) groups is 1. The van der Waals surface area contributed by atoms with Crippen molar-refractivity contribution in [2.24, 2.45) is 7.05 Å². The third-order valence-corrected chi connectivity index (χ3v) is 5.52. The molecule has 0 spiro atoms. The molecule has 2 heterocycles. The van der Waals surface area contributed by atoms with Gasteiger partial charge in [-0.15, -0.1) is 5.10 Å². The van der Waals surface area contributed by atoms with Gasteiger partial charge in [-0.25, -0.2) is 4.68 Å². The lowest BCUT2D eigenvalue weighted by atomic mass is 10.0. The fourth-order valence-electron chi connectivity index (χ4n) is 3.66. The summed E-state index contributed by atoms with van der Waals surface area (Å²) >= 11 is 0. The van der Waals surface area contributed by atoms with Crippen LogP contribution in [0.25, 0.3) is 0 Å². The standard InChI is InChI=1S/C23H25N7O/c1-16-21(17(2)29(3)26-16)13-19-9-11-20(12-10-19)25-23(31)22(30-15-24-27-28-30)14-18-7-5-4-6-8-18/h4-12,15,22H,13-14H2,1-3H3,(H,25,31)/t22-/m1/s1. The molecule has 0 aliphatic rings. The number of anilines is 1. The van der Waals surface area contributed by atoms with Crippen molar-refractivity contribution in [2.45, 2.75) is 32.7 Å². The summed E-state index contributed by atoms with van der Waals surface area (Å²) in [6.45, 7) is 4.11. The average molecular weight is 416 g/mol. The number of carbonyl (C=O) groups excluding carboxylic acids is 1. The van der Waals surface area contributed by atoms with Crippen LogP contribution in [0.1, 0.15) is 34.1 Å². The Hall–Kier alpha value is -3.81. The molecule has 1 N–H and O–H groups in total. The number of rotatable bonds is 7. The molecule has 0 saturated heterocycles. The minimum Gasteiger partial charge on any atom is -0.324 e. The number of tetrazole rings is 1. The van der Waals surface area contributed by atoms with Gasteiger partial charge < -0.3 is 5.32 Å². The first-order chi connectivity index (χ1) is 15.0. The van der Waals surface area contributed by atoms with Crippen LogP contribution in [-0.4, -0.2) is 35.9 Å². The summed E-state index contributed by atoms with van der Waals surface area (Å²) in [4.78, 5) is 13.0. The van der Waals surface area contributed by atoms with Crippen LogP contribution in [0.5, 0.6) is 0 Å². The molecule has 0 aliphatic carbocycles. The number of hydrogen-bond acceptors (Lipinski definition) is 5. The van der Waals surface area contributed by atoms with Crippen LogP contribution in [-0.2, 0) is 24.7 Å². The van der Waals surface area contributed by atoms with Crippen LogP contribution < -0.4 is 5.32 Å². The third kappa shape index (κ3) is 4.69. The maximum absolute atomic E-state index is 13.0. The van der Waals surface area contributed by atoms with Gasteiger partial charge in [0.2, 0.25) is 5.91 Å². The second-order valence-electron chi connectivity index (χ2n) is 7.63. The Labute approximate surface area is 180 Å².